The third-order valence-corrected chi connectivity index (χ3v) is 3.58. The molecule has 1 aromatic rings. The van der Waals surface area contributed by atoms with Gasteiger partial charge in [-0.15, -0.1) is 18.8 Å². The molecule has 5 heteroatoms. The van der Waals surface area contributed by atoms with Crippen molar-refractivity contribution < 1.29 is 8.42 Å². The largest absolute Gasteiger partial charge is 0.243 e. The van der Waals surface area contributed by atoms with E-state index < -0.39 is 10.0 Å². The van der Waals surface area contributed by atoms with Crippen molar-refractivity contribution in [2.45, 2.75) is 4.90 Å². The highest BCUT2D eigenvalue weighted by molar-refractivity contribution is 7.89. The Morgan fingerprint density at radius 1 is 1.33 bits per heavy atom. The fourth-order valence-electron chi connectivity index (χ4n) is 0.986. The first kappa shape index (κ1) is 14.0. The molecule has 0 radical (unpaired) electrons. The van der Waals surface area contributed by atoms with Crippen LogP contribution < -0.4 is 0 Å². The summed E-state index contributed by atoms with van der Waals surface area (Å²) in [6.45, 7) is 0.0806. The molecule has 15 heavy (non-hydrogen) atoms. The molecule has 0 unspecified atom stereocenters. The highest BCUT2D eigenvalue weighted by atomic mass is 35.5. The van der Waals surface area contributed by atoms with Crippen LogP contribution in [0.4, 0.5) is 0 Å². The molecule has 0 heterocycles. The van der Waals surface area contributed by atoms with Gasteiger partial charge in [-0.2, -0.15) is 4.31 Å². The zero-order chi connectivity index (χ0) is 10.6. The number of benzene rings is 1. The first-order valence-electron chi connectivity index (χ1n) is 4.04. The van der Waals surface area contributed by atoms with Gasteiger partial charge in [0.05, 0.1) is 11.4 Å². The molecule has 0 aromatic heterocycles. The molecule has 0 N–H and O–H groups in total. The maximum absolute atomic E-state index is 11.8. The lowest BCUT2D eigenvalue weighted by atomic mass is 10.4. The number of nitrogens with zero attached hydrogens (tertiary/aromatic N) is 1. The maximum atomic E-state index is 11.8. The van der Waals surface area contributed by atoms with E-state index in [4.69, 9.17) is 6.42 Å². The van der Waals surface area contributed by atoms with E-state index in [1.165, 1.54) is 7.05 Å². The summed E-state index contributed by atoms with van der Waals surface area (Å²) >= 11 is 0. The van der Waals surface area contributed by atoms with Gasteiger partial charge in [-0.3, -0.25) is 0 Å². The van der Waals surface area contributed by atoms with Crippen molar-refractivity contribution in [3.63, 3.8) is 0 Å². The van der Waals surface area contributed by atoms with Crippen LogP contribution in [0, 0.1) is 12.3 Å². The molecule has 82 valence electrons. The first-order valence-corrected chi connectivity index (χ1v) is 5.48. The van der Waals surface area contributed by atoms with Crippen molar-refractivity contribution in [2.24, 2.45) is 0 Å². The Balaban J connectivity index is 0.00000196. The van der Waals surface area contributed by atoms with Crippen molar-refractivity contribution >= 4 is 22.4 Å². The number of hydrogen-bond acceptors (Lipinski definition) is 2. The summed E-state index contributed by atoms with van der Waals surface area (Å²) in [5.41, 5.74) is 0. The van der Waals surface area contributed by atoms with Gasteiger partial charge in [0, 0.05) is 7.05 Å². The maximum Gasteiger partial charge on any atom is 0.243 e. The third-order valence-electron chi connectivity index (χ3n) is 1.77. The normalized spacial score (nSPS) is 10.5. The van der Waals surface area contributed by atoms with Crippen LogP contribution in [0.5, 0.6) is 0 Å². The minimum absolute atomic E-state index is 0. The van der Waals surface area contributed by atoms with Gasteiger partial charge in [0.25, 0.3) is 0 Å². The minimum Gasteiger partial charge on any atom is -0.207 e. The Kier molecular flexibility index (Phi) is 5.37. The third kappa shape index (κ3) is 3.24. The number of hydrogen-bond donors (Lipinski definition) is 0. The number of rotatable bonds is 3. The zero-order valence-corrected chi connectivity index (χ0v) is 9.88. The molecular formula is C10H12ClNO2S. The average Bonchev–Trinajstić information content (AvgIpc) is 2.19. The van der Waals surface area contributed by atoms with Crippen LogP contribution in [0.25, 0.3) is 0 Å². The molecule has 3 nitrogen and oxygen atoms in total. The van der Waals surface area contributed by atoms with E-state index in [0.29, 0.717) is 0 Å². The standard InChI is InChI=1S/C10H11NO2S.ClH/c1-3-9-11(2)14(12,13)10-7-5-4-6-8-10;/h1,4-8H,9H2,2H3;1H. The smallest absolute Gasteiger partial charge is 0.207 e. The van der Waals surface area contributed by atoms with E-state index in [0.717, 1.165) is 4.31 Å². The van der Waals surface area contributed by atoms with Gasteiger partial charge in [0.2, 0.25) is 10.0 Å². The van der Waals surface area contributed by atoms with E-state index in [2.05, 4.69) is 5.92 Å². The molecule has 0 aliphatic carbocycles. The van der Waals surface area contributed by atoms with E-state index in [-0.39, 0.29) is 23.8 Å². The molecule has 1 aromatic carbocycles. The minimum atomic E-state index is -3.41. The molecule has 0 atom stereocenters. The van der Waals surface area contributed by atoms with Crippen molar-refractivity contribution in [3.8, 4) is 12.3 Å². The first-order chi connectivity index (χ1) is 6.59. The van der Waals surface area contributed by atoms with Crippen LogP contribution >= 0.6 is 12.4 Å². The average molecular weight is 246 g/mol. The number of halogens is 1. The SMILES string of the molecule is C#CCN(C)S(=O)(=O)c1ccccc1.Cl. The van der Waals surface area contributed by atoms with Crippen molar-refractivity contribution in [1.82, 2.24) is 4.31 Å². The van der Waals surface area contributed by atoms with E-state index in [1.807, 2.05) is 0 Å². The Hall–Kier alpha value is -1.02. The second-order valence-electron chi connectivity index (χ2n) is 2.78. The van der Waals surface area contributed by atoms with Crippen molar-refractivity contribution in [3.05, 3.63) is 30.3 Å². The van der Waals surface area contributed by atoms with Crippen molar-refractivity contribution in [1.29, 1.82) is 0 Å². The van der Waals surface area contributed by atoms with E-state index in [1.54, 1.807) is 30.3 Å². The Morgan fingerprint density at radius 3 is 2.33 bits per heavy atom. The summed E-state index contributed by atoms with van der Waals surface area (Å²) in [7, 11) is -1.95. The summed E-state index contributed by atoms with van der Waals surface area (Å²) in [5.74, 6) is 2.29. The molecule has 0 amide bonds. The molecule has 0 aliphatic heterocycles. The molecule has 0 aliphatic rings. The lowest BCUT2D eigenvalue weighted by Gasteiger charge is -2.13. The Labute approximate surface area is 96.6 Å². The molecule has 0 spiro atoms. The molecule has 0 saturated heterocycles. The van der Waals surface area contributed by atoms with Gasteiger partial charge < -0.3 is 0 Å². The van der Waals surface area contributed by atoms with Gasteiger partial charge in [0.15, 0.2) is 0 Å². The lowest BCUT2D eigenvalue weighted by Crippen LogP contribution is -2.27. The molecular weight excluding hydrogens is 234 g/mol. The monoisotopic (exact) mass is 245 g/mol. The molecule has 1 rings (SSSR count). The fraction of sp³-hybridized carbons (Fsp3) is 0.200. The number of sulfonamides is 1. The Morgan fingerprint density at radius 2 is 1.87 bits per heavy atom. The van der Waals surface area contributed by atoms with Crippen LogP contribution in [0.3, 0.4) is 0 Å². The van der Waals surface area contributed by atoms with E-state index in [9.17, 15) is 8.42 Å². The fourth-order valence-corrected chi connectivity index (χ4v) is 2.09. The second kappa shape index (κ2) is 5.76. The molecule has 0 saturated carbocycles. The predicted molar refractivity (Wildman–Crippen MR) is 62.3 cm³/mol. The van der Waals surface area contributed by atoms with Crippen LogP contribution in [-0.4, -0.2) is 26.3 Å². The van der Waals surface area contributed by atoms with Crippen LogP contribution in [0.2, 0.25) is 0 Å². The summed E-state index contributed by atoms with van der Waals surface area (Å²) < 4.78 is 24.6. The summed E-state index contributed by atoms with van der Waals surface area (Å²) in [5, 5.41) is 0. The predicted octanol–water partition coefficient (Wildman–Crippen LogP) is 1.36. The van der Waals surface area contributed by atoms with Gasteiger partial charge in [0.1, 0.15) is 0 Å². The van der Waals surface area contributed by atoms with Crippen LogP contribution in [0.1, 0.15) is 0 Å². The highest BCUT2D eigenvalue weighted by Crippen LogP contribution is 2.12. The zero-order valence-electron chi connectivity index (χ0n) is 8.25. The quantitative estimate of drug-likeness (QED) is 0.755. The van der Waals surface area contributed by atoms with Crippen LogP contribution in [-0.2, 0) is 10.0 Å². The van der Waals surface area contributed by atoms with Gasteiger partial charge >= 0.3 is 0 Å². The van der Waals surface area contributed by atoms with Crippen LogP contribution in [0.15, 0.2) is 35.2 Å². The summed E-state index contributed by atoms with van der Waals surface area (Å²) in [6, 6.07) is 8.21. The van der Waals surface area contributed by atoms with Gasteiger partial charge in [-0.1, -0.05) is 24.1 Å². The topological polar surface area (TPSA) is 37.4 Å². The molecule has 0 fully saturated rings. The molecule has 0 bridgehead atoms. The summed E-state index contributed by atoms with van der Waals surface area (Å²) in [6.07, 6.45) is 5.05. The second-order valence-corrected chi connectivity index (χ2v) is 4.82. The van der Waals surface area contributed by atoms with Crippen molar-refractivity contribution in [2.75, 3.05) is 13.6 Å². The van der Waals surface area contributed by atoms with Gasteiger partial charge in [-0.05, 0) is 12.1 Å². The van der Waals surface area contributed by atoms with E-state index >= 15 is 0 Å². The summed E-state index contributed by atoms with van der Waals surface area (Å²) in [4.78, 5) is 0.262. The highest BCUT2D eigenvalue weighted by Gasteiger charge is 2.18. The lowest BCUT2D eigenvalue weighted by molar-refractivity contribution is 0.503. The van der Waals surface area contributed by atoms with Gasteiger partial charge in [-0.25, -0.2) is 8.42 Å². The Bertz CT molecular complexity index is 436. The number of terminal acetylenes is 1.